The first kappa shape index (κ1) is 12.2. The van der Waals surface area contributed by atoms with Gasteiger partial charge >= 0.3 is 0 Å². The summed E-state index contributed by atoms with van der Waals surface area (Å²) in [5, 5.41) is 9.93. The topological polar surface area (TPSA) is 47.3 Å². The molecule has 1 aliphatic heterocycles. The lowest BCUT2D eigenvalue weighted by Crippen LogP contribution is -2.16. The fourth-order valence-corrected chi connectivity index (χ4v) is 2.61. The van der Waals surface area contributed by atoms with Crippen LogP contribution in [0.25, 0.3) is 0 Å². The van der Waals surface area contributed by atoms with Crippen molar-refractivity contribution in [3.63, 3.8) is 0 Å². The number of fused-ring (bicyclic) bond motifs is 1. The van der Waals surface area contributed by atoms with Crippen LogP contribution in [0.4, 0.5) is 0 Å². The molecular formula is C15H18N2O2. The van der Waals surface area contributed by atoms with Crippen molar-refractivity contribution in [1.29, 1.82) is 0 Å². The molecule has 1 aliphatic rings. The van der Waals surface area contributed by atoms with Crippen molar-refractivity contribution in [3.8, 4) is 5.75 Å². The van der Waals surface area contributed by atoms with E-state index in [0.29, 0.717) is 0 Å². The highest BCUT2D eigenvalue weighted by Crippen LogP contribution is 2.26. The Morgan fingerprint density at radius 3 is 2.89 bits per heavy atom. The smallest absolute Gasteiger partial charge is 0.118 e. The van der Waals surface area contributed by atoms with Gasteiger partial charge in [0.1, 0.15) is 11.6 Å². The van der Waals surface area contributed by atoms with Crippen molar-refractivity contribution >= 4 is 0 Å². The predicted octanol–water partition coefficient (Wildman–Crippen LogP) is 2.31. The summed E-state index contributed by atoms with van der Waals surface area (Å²) in [6.07, 6.45) is 4.10. The number of aliphatic hydroxyl groups excluding tert-OH is 1. The number of ether oxygens (including phenoxy) is 1. The Hall–Kier alpha value is -1.81. The second-order valence-electron chi connectivity index (χ2n) is 4.93. The van der Waals surface area contributed by atoms with E-state index in [4.69, 9.17) is 4.74 Å². The number of hydrogen-bond acceptors (Lipinski definition) is 3. The lowest BCUT2D eigenvalue weighted by molar-refractivity contribution is 0.138. The summed E-state index contributed by atoms with van der Waals surface area (Å²) < 4.78 is 7.31. The Labute approximate surface area is 112 Å². The van der Waals surface area contributed by atoms with Gasteiger partial charge in [0.15, 0.2) is 0 Å². The average Bonchev–Trinajstić information content (AvgIpc) is 2.84. The maximum absolute atomic E-state index is 9.93. The fraction of sp³-hybridized carbons (Fsp3) is 0.400. The molecule has 19 heavy (non-hydrogen) atoms. The molecule has 1 aromatic heterocycles. The van der Waals surface area contributed by atoms with E-state index < -0.39 is 0 Å². The van der Waals surface area contributed by atoms with E-state index in [0.717, 1.165) is 43.1 Å². The summed E-state index contributed by atoms with van der Waals surface area (Å²) in [6, 6.07) is 8.04. The molecule has 0 amide bonds. The first-order valence-electron chi connectivity index (χ1n) is 6.63. The van der Waals surface area contributed by atoms with Gasteiger partial charge in [0.05, 0.1) is 25.1 Å². The molecule has 1 unspecified atom stereocenters. The summed E-state index contributed by atoms with van der Waals surface area (Å²) in [7, 11) is 1.67. The minimum atomic E-state index is -0.356. The van der Waals surface area contributed by atoms with Gasteiger partial charge in [0, 0.05) is 13.0 Å². The summed E-state index contributed by atoms with van der Waals surface area (Å²) in [6.45, 7) is 0.956. The van der Waals surface area contributed by atoms with Crippen LogP contribution in [0.15, 0.2) is 30.5 Å². The highest BCUT2D eigenvalue weighted by molar-refractivity contribution is 5.29. The number of imidazole rings is 1. The number of aromatic nitrogens is 2. The van der Waals surface area contributed by atoms with Crippen molar-refractivity contribution in [1.82, 2.24) is 9.55 Å². The average molecular weight is 258 g/mol. The van der Waals surface area contributed by atoms with Crippen LogP contribution in [0.5, 0.6) is 5.75 Å². The van der Waals surface area contributed by atoms with Crippen LogP contribution in [0, 0.1) is 0 Å². The molecule has 1 N–H and O–H groups in total. The standard InChI is InChI=1S/C15H18N2O2/c1-19-12-6-4-11(5-7-12)9-15-16-10-13-14(18)3-2-8-17(13)15/h4-7,10,14,18H,2-3,8-9H2,1H3. The van der Waals surface area contributed by atoms with Gasteiger partial charge in [0.25, 0.3) is 0 Å². The number of benzene rings is 1. The third kappa shape index (κ3) is 2.36. The molecule has 2 aromatic rings. The molecule has 0 saturated heterocycles. The molecule has 0 radical (unpaired) electrons. The molecule has 3 rings (SSSR count). The Morgan fingerprint density at radius 1 is 1.37 bits per heavy atom. The second kappa shape index (κ2) is 5.05. The van der Waals surface area contributed by atoms with E-state index in [1.165, 1.54) is 5.56 Å². The maximum atomic E-state index is 9.93. The van der Waals surface area contributed by atoms with Crippen molar-refractivity contribution in [2.24, 2.45) is 0 Å². The van der Waals surface area contributed by atoms with Crippen LogP contribution in [0.2, 0.25) is 0 Å². The SMILES string of the molecule is COc1ccc(Cc2ncc3n2CCCC3O)cc1. The zero-order valence-corrected chi connectivity index (χ0v) is 11.0. The minimum absolute atomic E-state index is 0.356. The maximum Gasteiger partial charge on any atom is 0.118 e. The zero-order chi connectivity index (χ0) is 13.2. The second-order valence-corrected chi connectivity index (χ2v) is 4.93. The lowest BCUT2D eigenvalue weighted by atomic mass is 10.1. The van der Waals surface area contributed by atoms with Crippen LogP contribution >= 0.6 is 0 Å². The van der Waals surface area contributed by atoms with Gasteiger partial charge in [-0.2, -0.15) is 0 Å². The third-order valence-electron chi connectivity index (χ3n) is 3.69. The summed E-state index contributed by atoms with van der Waals surface area (Å²) in [4.78, 5) is 4.46. The quantitative estimate of drug-likeness (QED) is 0.919. The highest BCUT2D eigenvalue weighted by atomic mass is 16.5. The first-order chi connectivity index (χ1) is 9.28. The normalized spacial score (nSPS) is 18.1. The van der Waals surface area contributed by atoms with Crippen molar-refractivity contribution < 1.29 is 9.84 Å². The molecule has 1 atom stereocenters. The molecule has 0 saturated carbocycles. The van der Waals surface area contributed by atoms with Crippen molar-refractivity contribution in [3.05, 3.63) is 47.5 Å². The van der Waals surface area contributed by atoms with Gasteiger partial charge in [-0.25, -0.2) is 4.98 Å². The molecule has 4 nitrogen and oxygen atoms in total. The summed E-state index contributed by atoms with van der Waals surface area (Å²) >= 11 is 0. The fourth-order valence-electron chi connectivity index (χ4n) is 2.61. The third-order valence-corrected chi connectivity index (χ3v) is 3.69. The van der Waals surface area contributed by atoms with E-state index in [1.807, 2.05) is 18.3 Å². The van der Waals surface area contributed by atoms with Crippen LogP contribution in [-0.4, -0.2) is 21.8 Å². The van der Waals surface area contributed by atoms with Crippen LogP contribution < -0.4 is 4.74 Å². The summed E-state index contributed by atoms with van der Waals surface area (Å²) in [5.41, 5.74) is 2.16. The largest absolute Gasteiger partial charge is 0.497 e. The molecule has 1 aromatic carbocycles. The Balaban J connectivity index is 1.83. The molecule has 0 spiro atoms. The number of methoxy groups -OCH3 is 1. The van der Waals surface area contributed by atoms with Gasteiger partial charge < -0.3 is 14.4 Å². The van der Waals surface area contributed by atoms with Crippen LogP contribution in [0.3, 0.4) is 0 Å². The number of rotatable bonds is 3. The van der Waals surface area contributed by atoms with Crippen LogP contribution in [0.1, 0.15) is 36.0 Å². The van der Waals surface area contributed by atoms with Gasteiger partial charge in [-0.15, -0.1) is 0 Å². The Bertz CT molecular complexity index is 560. The molecule has 100 valence electrons. The number of hydrogen-bond donors (Lipinski definition) is 1. The molecule has 4 heteroatoms. The first-order valence-corrected chi connectivity index (χ1v) is 6.63. The van der Waals surface area contributed by atoms with E-state index in [9.17, 15) is 5.11 Å². The molecule has 0 aliphatic carbocycles. The summed E-state index contributed by atoms with van der Waals surface area (Å²) in [5.74, 6) is 1.89. The zero-order valence-electron chi connectivity index (χ0n) is 11.0. The lowest BCUT2D eigenvalue weighted by Gasteiger charge is -2.21. The van der Waals surface area contributed by atoms with Gasteiger partial charge in [0.2, 0.25) is 0 Å². The predicted molar refractivity (Wildman–Crippen MR) is 72.2 cm³/mol. The molecular weight excluding hydrogens is 240 g/mol. The Kier molecular flexibility index (Phi) is 3.25. The van der Waals surface area contributed by atoms with Gasteiger partial charge in [-0.1, -0.05) is 12.1 Å². The Morgan fingerprint density at radius 2 is 2.16 bits per heavy atom. The minimum Gasteiger partial charge on any atom is -0.497 e. The molecule has 0 bridgehead atoms. The van der Waals surface area contributed by atoms with E-state index in [-0.39, 0.29) is 6.10 Å². The highest BCUT2D eigenvalue weighted by Gasteiger charge is 2.21. The molecule has 0 fully saturated rings. The van der Waals surface area contributed by atoms with Crippen molar-refractivity contribution in [2.75, 3.05) is 7.11 Å². The monoisotopic (exact) mass is 258 g/mol. The van der Waals surface area contributed by atoms with E-state index in [2.05, 4.69) is 21.7 Å². The van der Waals surface area contributed by atoms with E-state index in [1.54, 1.807) is 7.11 Å². The van der Waals surface area contributed by atoms with E-state index >= 15 is 0 Å². The molecule has 2 heterocycles. The number of aliphatic hydroxyl groups is 1. The van der Waals surface area contributed by atoms with Crippen molar-refractivity contribution in [2.45, 2.75) is 31.9 Å². The number of nitrogens with zero attached hydrogens (tertiary/aromatic N) is 2. The van der Waals surface area contributed by atoms with Crippen LogP contribution in [-0.2, 0) is 13.0 Å². The van der Waals surface area contributed by atoms with Gasteiger partial charge in [-0.3, -0.25) is 0 Å². The van der Waals surface area contributed by atoms with Gasteiger partial charge in [-0.05, 0) is 30.5 Å².